The molecule has 74 valence electrons. The third-order valence-corrected chi connectivity index (χ3v) is 3.49. The third kappa shape index (κ3) is 1.25. The first kappa shape index (κ1) is 8.42. The molecule has 2 aliphatic rings. The van der Waals surface area contributed by atoms with Crippen LogP contribution >= 0.6 is 0 Å². The van der Waals surface area contributed by atoms with Gasteiger partial charge in [-0.15, -0.1) is 0 Å². The van der Waals surface area contributed by atoms with E-state index in [2.05, 4.69) is 12.1 Å². The minimum atomic E-state index is 0.323. The van der Waals surface area contributed by atoms with Crippen molar-refractivity contribution in [3.05, 3.63) is 29.1 Å². The molecule has 1 aromatic rings. The highest BCUT2D eigenvalue weighted by Crippen LogP contribution is 2.46. The maximum atomic E-state index is 9.00. The highest BCUT2D eigenvalue weighted by Gasteiger charge is 2.38. The molecule has 2 nitrogen and oxygen atoms in total. The predicted octanol–water partition coefficient (Wildman–Crippen LogP) is 1.67. The molecule has 0 aliphatic heterocycles. The van der Waals surface area contributed by atoms with E-state index in [9.17, 15) is 0 Å². The van der Waals surface area contributed by atoms with Crippen LogP contribution in [-0.4, -0.2) is 16.7 Å². The second-order valence-corrected chi connectivity index (χ2v) is 4.48. The number of aromatic nitrogens is 1. The largest absolute Gasteiger partial charge is 0.396 e. The summed E-state index contributed by atoms with van der Waals surface area (Å²) in [6.45, 7) is 0.323. The summed E-state index contributed by atoms with van der Waals surface area (Å²) in [4.78, 5) is 4.70. The number of aliphatic hydroxyl groups excluding tert-OH is 1. The van der Waals surface area contributed by atoms with Crippen LogP contribution in [0.15, 0.2) is 12.1 Å². The fourth-order valence-electron chi connectivity index (χ4n) is 2.46. The Morgan fingerprint density at radius 3 is 3.07 bits per heavy atom. The van der Waals surface area contributed by atoms with Gasteiger partial charge in [0.2, 0.25) is 0 Å². The summed E-state index contributed by atoms with van der Waals surface area (Å²) in [6.07, 6.45) is 4.75. The average Bonchev–Trinajstić information content (AvgIpc) is 2.87. The van der Waals surface area contributed by atoms with Gasteiger partial charge in [-0.2, -0.15) is 0 Å². The molecule has 1 saturated carbocycles. The topological polar surface area (TPSA) is 33.1 Å². The Balaban J connectivity index is 1.87. The van der Waals surface area contributed by atoms with Gasteiger partial charge in [-0.3, -0.25) is 4.98 Å². The van der Waals surface area contributed by atoms with E-state index in [0.717, 1.165) is 12.8 Å². The lowest BCUT2D eigenvalue weighted by molar-refractivity contribution is 0.273. The van der Waals surface area contributed by atoms with E-state index in [1.807, 2.05) is 0 Å². The second-order valence-electron chi connectivity index (χ2n) is 4.48. The highest BCUT2D eigenvalue weighted by molar-refractivity contribution is 5.30. The Morgan fingerprint density at radius 2 is 2.29 bits per heavy atom. The van der Waals surface area contributed by atoms with Gasteiger partial charge in [0.15, 0.2) is 0 Å². The van der Waals surface area contributed by atoms with Gasteiger partial charge in [-0.1, -0.05) is 6.07 Å². The molecule has 14 heavy (non-hydrogen) atoms. The smallest absolute Gasteiger partial charge is 0.0465 e. The van der Waals surface area contributed by atoms with Crippen molar-refractivity contribution in [1.82, 2.24) is 4.98 Å². The summed E-state index contributed by atoms with van der Waals surface area (Å²) in [5.41, 5.74) is 3.96. The van der Waals surface area contributed by atoms with Gasteiger partial charge in [-0.05, 0) is 43.2 Å². The van der Waals surface area contributed by atoms with Crippen molar-refractivity contribution in [2.24, 2.45) is 5.92 Å². The average molecular weight is 189 g/mol. The van der Waals surface area contributed by atoms with E-state index >= 15 is 0 Å². The molecule has 0 bridgehead atoms. The zero-order chi connectivity index (χ0) is 9.54. The number of hydrogen-bond acceptors (Lipinski definition) is 2. The molecule has 2 aliphatic carbocycles. The molecule has 1 N–H and O–H groups in total. The molecule has 0 spiro atoms. The van der Waals surface area contributed by atoms with Crippen molar-refractivity contribution >= 4 is 0 Å². The molecule has 1 fully saturated rings. The monoisotopic (exact) mass is 189 g/mol. The maximum Gasteiger partial charge on any atom is 0.0465 e. The molecule has 3 rings (SSSR count). The molecule has 0 saturated heterocycles. The number of rotatable bonds is 2. The van der Waals surface area contributed by atoms with E-state index in [1.54, 1.807) is 0 Å². The van der Waals surface area contributed by atoms with Crippen LogP contribution in [0.25, 0.3) is 0 Å². The van der Waals surface area contributed by atoms with Crippen LogP contribution in [0, 0.1) is 5.92 Å². The molecule has 2 heteroatoms. The Bertz CT molecular complexity index is 361. The minimum Gasteiger partial charge on any atom is -0.396 e. The van der Waals surface area contributed by atoms with Crippen molar-refractivity contribution in [2.45, 2.75) is 31.6 Å². The van der Waals surface area contributed by atoms with Crippen molar-refractivity contribution in [1.29, 1.82) is 0 Å². The Kier molecular flexibility index (Phi) is 1.84. The number of nitrogens with zero attached hydrogens (tertiary/aromatic N) is 1. The Morgan fingerprint density at radius 1 is 1.36 bits per heavy atom. The minimum absolute atomic E-state index is 0.323. The van der Waals surface area contributed by atoms with Gasteiger partial charge in [0, 0.05) is 23.9 Å². The summed E-state index contributed by atoms with van der Waals surface area (Å²) < 4.78 is 0. The van der Waals surface area contributed by atoms with Crippen molar-refractivity contribution in [3.8, 4) is 0 Å². The van der Waals surface area contributed by atoms with E-state index < -0.39 is 0 Å². The van der Waals surface area contributed by atoms with E-state index in [4.69, 9.17) is 10.1 Å². The van der Waals surface area contributed by atoms with Crippen LogP contribution in [0.1, 0.15) is 35.7 Å². The number of aryl methyl sites for hydroxylation is 2. The van der Waals surface area contributed by atoms with E-state index in [-0.39, 0.29) is 0 Å². The van der Waals surface area contributed by atoms with Gasteiger partial charge in [0.25, 0.3) is 0 Å². The summed E-state index contributed by atoms with van der Waals surface area (Å²) in [5, 5.41) is 9.00. The first-order valence-electron chi connectivity index (χ1n) is 5.48. The fourth-order valence-corrected chi connectivity index (χ4v) is 2.46. The van der Waals surface area contributed by atoms with Crippen LogP contribution in [-0.2, 0) is 12.8 Å². The summed E-state index contributed by atoms with van der Waals surface area (Å²) in [5.74, 6) is 1.04. The highest BCUT2D eigenvalue weighted by atomic mass is 16.3. The molecule has 0 aromatic carbocycles. The zero-order valence-electron chi connectivity index (χ0n) is 8.24. The van der Waals surface area contributed by atoms with Gasteiger partial charge in [0.05, 0.1) is 0 Å². The SMILES string of the molecule is OC[C@H]1C[C@@H]1c1ccc2c(n1)CCC2. The molecule has 0 radical (unpaired) electrons. The first-order chi connectivity index (χ1) is 6.88. The van der Waals surface area contributed by atoms with Crippen LogP contribution in [0.4, 0.5) is 0 Å². The van der Waals surface area contributed by atoms with Gasteiger partial charge >= 0.3 is 0 Å². The summed E-state index contributed by atoms with van der Waals surface area (Å²) in [7, 11) is 0. The molecule has 0 unspecified atom stereocenters. The lowest BCUT2D eigenvalue weighted by Crippen LogP contribution is -1.96. The fraction of sp³-hybridized carbons (Fsp3) is 0.583. The lowest BCUT2D eigenvalue weighted by atomic mass is 10.1. The van der Waals surface area contributed by atoms with Crippen LogP contribution in [0.2, 0.25) is 0 Å². The number of aliphatic hydroxyl groups is 1. The van der Waals surface area contributed by atoms with E-state index in [0.29, 0.717) is 18.4 Å². The molecule has 2 atom stereocenters. The Labute approximate surface area is 84.0 Å². The zero-order valence-corrected chi connectivity index (χ0v) is 8.24. The standard InChI is InChI=1S/C12H15NO/c14-7-9-6-10(9)12-5-4-8-2-1-3-11(8)13-12/h4-5,9-10,14H,1-3,6-7H2/t9-,10+/m1/s1. The third-order valence-electron chi connectivity index (χ3n) is 3.49. The normalized spacial score (nSPS) is 28.9. The predicted molar refractivity (Wildman–Crippen MR) is 54.2 cm³/mol. The number of hydrogen-bond donors (Lipinski definition) is 1. The first-order valence-corrected chi connectivity index (χ1v) is 5.48. The second kappa shape index (κ2) is 3.06. The number of pyridine rings is 1. The summed E-state index contributed by atoms with van der Waals surface area (Å²) in [6, 6.07) is 4.39. The van der Waals surface area contributed by atoms with Crippen LogP contribution < -0.4 is 0 Å². The maximum absolute atomic E-state index is 9.00. The van der Waals surface area contributed by atoms with E-state index in [1.165, 1.54) is 29.8 Å². The van der Waals surface area contributed by atoms with Crippen molar-refractivity contribution < 1.29 is 5.11 Å². The summed E-state index contributed by atoms with van der Waals surface area (Å²) >= 11 is 0. The van der Waals surface area contributed by atoms with Gasteiger partial charge in [-0.25, -0.2) is 0 Å². The Hall–Kier alpha value is -0.890. The van der Waals surface area contributed by atoms with Gasteiger partial charge in [0.1, 0.15) is 0 Å². The number of fused-ring (bicyclic) bond motifs is 1. The van der Waals surface area contributed by atoms with Crippen molar-refractivity contribution in [3.63, 3.8) is 0 Å². The molecule has 1 heterocycles. The van der Waals surface area contributed by atoms with Crippen LogP contribution in [0.3, 0.4) is 0 Å². The molecular weight excluding hydrogens is 174 g/mol. The molecule has 0 amide bonds. The lowest BCUT2D eigenvalue weighted by Gasteiger charge is -2.02. The van der Waals surface area contributed by atoms with Crippen LogP contribution in [0.5, 0.6) is 0 Å². The van der Waals surface area contributed by atoms with Gasteiger partial charge < -0.3 is 5.11 Å². The molecule has 1 aromatic heterocycles. The van der Waals surface area contributed by atoms with Crippen molar-refractivity contribution in [2.75, 3.05) is 6.61 Å². The quantitative estimate of drug-likeness (QED) is 0.767. The molecular formula is C12H15NO.